The zero-order valence-corrected chi connectivity index (χ0v) is 9.48. The van der Waals surface area contributed by atoms with Gasteiger partial charge in [0.25, 0.3) is 0 Å². The lowest BCUT2D eigenvalue weighted by Crippen LogP contribution is -2.30. The van der Waals surface area contributed by atoms with E-state index in [-0.39, 0.29) is 0 Å². The number of rotatable bonds is 2. The van der Waals surface area contributed by atoms with E-state index in [0.29, 0.717) is 5.25 Å². The van der Waals surface area contributed by atoms with Crippen LogP contribution in [-0.4, -0.2) is 36.7 Å². The Morgan fingerprint density at radius 3 is 2.93 bits per heavy atom. The molecule has 4 heteroatoms. The molecule has 0 saturated carbocycles. The largest absolute Gasteiger partial charge is 0.381 e. The lowest BCUT2D eigenvalue weighted by atomic mass is 10.0. The summed E-state index contributed by atoms with van der Waals surface area (Å²) >= 11 is 1.86. The van der Waals surface area contributed by atoms with Crippen molar-refractivity contribution in [2.75, 3.05) is 26.3 Å². The SMILES string of the molecule is CC1CN=C(NCC2CCOCC2)S1. The van der Waals surface area contributed by atoms with Crippen molar-refractivity contribution in [3.63, 3.8) is 0 Å². The highest BCUT2D eigenvalue weighted by Crippen LogP contribution is 2.19. The monoisotopic (exact) mass is 214 g/mol. The fourth-order valence-electron chi connectivity index (χ4n) is 1.76. The van der Waals surface area contributed by atoms with E-state index in [1.807, 2.05) is 11.8 Å². The summed E-state index contributed by atoms with van der Waals surface area (Å²) in [5, 5.41) is 5.24. The van der Waals surface area contributed by atoms with Crippen LogP contribution >= 0.6 is 11.8 Å². The Balaban J connectivity index is 1.66. The van der Waals surface area contributed by atoms with Crippen molar-refractivity contribution in [3.05, 3.63) is 0 Å². The fourth-order valence-corrected chi connectivity index (χ4v) is 2.60. The van der Waals surface area contributed by atoms with Gasteiger partial charge in [-0.1, -0.05) is 18.7 Å². The van der Waals surface area contributed by atoms with Crippen LogP contribution in [0.5, 0.6) is 0 Å². The molecule has 80 valence electrons. The Hall–Kier alpha value is -0.220. The third-order valence-electron chi connectivity index (χ3n) is 2.69. The first-order valence-electron chi connectivity index (χ1n) is 5.37. The van der Waals surface area contributed by atoms with Crippen LogP contribution in [0.3, 0.4) is 0 Å². The van der Waals surface area contributed by atoms with Crippen LogP contribution in [0.4, 0.5) is 0 Å². The maximum absolute atomic E-state index is 5.33. The highest BCUT2D eigenvalue weighted by Gasteiger charge is 2.17. The van der Waals surface area contributed by atoms with E-state index < -0.39 is 0 Å². The second-order valence-corrected chi connectivity index (χ2v) is 5.44. The molecule has 0 amide bonds. The van der Waals surface area contributed by atoms with Crippen LogP contribution in [0.1, 0.15) is 19.8 Å². The molecular weight excluding hydrogens is 196 g/mol. The van der Waals surface area contributed by atoms with Gasteiger partial charge in [0, 0.05) is 25.0 Å². The number of amidine groups is 1. The number of nitrogens with zero attached hydrogens (tertiary/aromatic N) is 1. The molecule has 2 aliphatic rings. The summed E-state index contributed by atoms with van der Waals surface area (Å²) in [6.45, 7) is 6.13. The van der Waals surface area contributed by atoms with Crippen LogP contribution in [0.2, 0.25) is 0 Å². The quantitative estimate of drug-likeness (QED) is 0.756. The molecule has 3 nitrogen and oxygen atoms in total. The molecule has 1 saturated heterocycles. The summed E-state index contributed by atoms with van der Waals surface area (Å²) in [4.78, 5) is 4.44. The molecule has 0 aromatic rings. The van der Waals surface area contributed by atoms with E-state index in [9.17, 15) is 0 Å². The minimum absolute atomic E-state index is 0.659. The molecule has 2 aliphatic heterocycles. The second kappa shape index (κ2) is 5.03. The van der Waals surface area contributed by atoms with E-state index in [2.05, 4.69) is 17.2 Å². The second-order valence-electron chi connectivity index (χ2n) is 4.01. The van der Waals surface area contributed by atoms with Crippen LogP contribution in [-0.2, 0) is 4.74 Å². The van der Waals surface area contributed by atoms with Crippen molar-refractivity contribution in [2.24, 2.45) is 10.9 Å². The number of ether oxygens (including phenoxy) is 1. The maximum atomic E-state index is 5.33. The Morgan fingerprint density at radius 1 is 1.50 bits per heavy atom. The third kappa shape index (κ3) is 2.89. The van der Waals surface area contributed by atoms with Gasteiger partial charge in [0.2, 0.25) is 0 Å². The summed E-state index contributed by atoms with van der Waals surface area (Å²) in [6.07, 6.45) is 2.39. The van der Waals surface area contributed by atoms with Gasteiger partial charge in [-0.2, -0.15) is 0 Å². The minimum Gasteiger partial charge on any atom is -0.381 e. The van der Waals surface area contributed by atoms with Crippen molar-refractivity contribution in [1.29, 1.82) is 0 Å². The Morgan fingerprint density at radius 2 is 2.29 bits per heavy atom. The van der Waals surface area contributed by atoms with Crippen molar-refractivity contribution in [1.82, 2.24) is 5.32 Å². The van der Waals surface area contributed by atoms with Crippen LogP contribution in [0.15, 0.2) is 4.99 Å². The van der Waals surface area contributed by atoms with Gasteiger partial charge in [-0.25, -0.2) is 0 Å². The van der Waals surface area contributed by atoms with Gasteiger partial charge in [0.15, 0.2) is 5.17 Å². The molecule has 1 N–H and O–H groups in total. The smallest absolute Gasteiger partial charge is 0.156 e. The van der Waals surface area contributed by atoms with Gasteiger partial charge >= 0.3 is 0 Å². The highest BCUT2D eigenvalue weighted by atomic mass is 32.2. The van der Waals surface area contributed by atoms with E-state index >= 15 is 0 Å². The normalized spacial score (nSPS) is 28.9. The fraction of sp³-hybridized carbons (Fsp3) is 0.900. The zero-order valence-electron chi connectivity index (χ0n) is 8.66. The Bertz CT molecular complexity index is 214. The van der Waals surface area contributed by atoms with E-state index in [1.165, 1.54) is 12.8 Å². The predicted octanol–water partition coefficient (Wildman–Crippen LogP) is 1.49. The molecular formula is C10H18N2OS. The van der Waals surface area contributed by atoms with Gasteiger partial charge in [-0.3, -0.25) is 4.99 Å². The average Bonchev–Trinajstić information content (AvgIpc) is 2.63. The number of nitrogens with one attached hydrogen (secondary N) is 1. The minimum atomic E-state index is 0.659. The van der Waals surface area contributed by atoms with Crippen LogP contribution < -0.4 is 5.32 Å². The van der Waals surface area contributed by atoms with Gasteiger partial charge < -0.3 is 10.1 Å². The van der Waals surface area contributed by atoms with Gasteiger partial charge in [-0.05, 0) is 18.8 Å². The van der Waals surface area contributed by atoms with Crippen molar-refractivity contribution < 1.29 is 4.74 Å². The van der Waals surface area contributed by atoms with Crippen LogP contribution in [0, 0.1) is 5.92 Å². The molecule has 0 aromatic carbocycles. The number of hydrogen-bond acceptors (Lipinski definition) is 4. The topological polar surface area (TPSA) is 33.6 Å². The molecule has 2 rings (SSSR count). The first-order valence-corrected chi connectivity index (χ1v) is 6.25. The van der Waals surface area contributed by atoms with Gasteiger partial charge in [0.1, 0.15) is 0 Å². The van der Waals surface area contributed by atoms with Crippen molar-refractivity contribution >= 4 is 16.9 Å². The molecule has 14 heavy (non-hydrogen) atoms. The van der Waals surface area contributed by atoms with Crippen molar-refractivity contribution in [3.8, 4) is 0 Å². The van der Waals surface area contributed by atoms with Gasteiger partial charge in [0.05, 0.1) is 6.54 Å². The molecule has 0 bridgehead atoms. The molecule has 2 heterocycles. The zero-order chi connectivity index (χ0) is 9.80. The maximum Gasteiger partial charge on any atom is 0.156 e. The van der Waals surface area contributed by atoms with Crippen LogP contribution in [0.25, 0.3) is 0 Å². The first kappa shape index (κ1) is 10.3. The van der Waals surface area contributed by atoms with E-state index in [0.717, 1.165) is 37.4 Å². The molecule has 1 unspecified atom stereocenters. The Kier molecular flexibility index (Phi) is 3.70. The molecule has 0 radical (unpaired) electrons. The standard InChI is InChI=1S/C10H18N2OS/c1-8-6-11-10(14-8)12-7-9-2-4-13-5-3-9/h8-9H,2-7H2,1H3,(H,11,12). The third-order valence-corrected chi connectivity index (χ3v) is 3.74. The average molecular weight is 214 g/mol. The number of hydrogen-bond donors (Lipinski definition) is 1. The summed E-state index contributed by atoms with van der Waals surface area (Å²) in [7, 11) is 0. The lowest BCUT2D eigenvalue weighted by Gasteiger charge is -2.22. The lowest BCUT2D eigenvalue weighted by molar-refractivity contribution is 0.0676. The summed E-state index contributed by atoms with van der Waals surface area (Å²) in [5.74, 6) is 0.781. The molecule has 0 spiro atoms. The van der Waals surface area contributed by atoms with E-state index in [1.54, 1.807) is 0 Å². The highest BCUT2D eigenvalue weighted by molar-refractivity contribution is 8.14. The van der Waals surface area contributed by atoms with Gasteiger partial charge in [-0.15, -0.1) is 0 Å². The first-order chi connectivity index (χ1) is 6.84. The summed E-state index contributed by atoms with van der Waals surface area (Å²) in [6, 6.07) is 0. The molecule has 0 aliphatic carbocycles. The van der Waals surface area contributed by atoms with E-state index in [4.69, 9.17) is 4.74 Å². The summed E-state index contributed by atoms with van der Waals surface area (Å²) in [5.41, 5.74) is 0. The molecule has 0 aromatic heterocycles. The summed E-state index contributed by atoms with van der Waals surface area (Å²) < 4.78 is 5.33. The molecule has 1 fully saturated rings. The molecule has 1 atom stereocenters. The predicted molar refractivity (Wildman–Crippen MR) is 60.9 cm³/mol. The van der Waals surface area contributed by atoms with Crippen molar-refractivity contribution in [2.45, 2.75) is 25.0 Å². The number of thioether (sulfide) groups is 1. The Labute approximate surface area is 89.7 Å². The number of aliphatic imine (C=N–C) groups is 1.